The van der Waals surface area contributed by atoms with Gasteiger partial charge < -0.3 is 49.1 Å². The summed E-state index contributed by atoms with van der Waals surface area (Å²) >= 11 is 4.05. The molecule has 0 heterocycles. The zero-order chi connectivity index (χ0) is 27.0. The summed E-state index contributed by atoms with van der Waals surface area (Å²) in [7, 11) is 0. The van der Waals surface area contributed by atoms with Gasteiger partial charge in [0.05, 0.1) is 12.5 Å². The van der Waals surface area contributed by atoms with Gasteiger partial charge in [-0.15, -0.1) is 0 Å². The van der Waals surface area contributed by atoms with Crippen LogP contribution in [0.5, 0.6) is 0 Å². The summed E-state index contributed by atoms with van der Waals surface area (Å²) in [5.41, 5.74) is 21.4. The zero-order valence-corrected chi connectivity index (χ0v) is 20.2. The number of carboxylic acid groups (broad SMARTS) is 2. The standard InChI is InChI=1S/C19H36N8O7S/c20-6-2-1-4-11(25-15(30)10(21)8-14(28)29)16(31)27-13(9-35)17(32)26-12(18(33)34)5-3-7-24-19(22)23/h10-13,35H,1-9,20-21H2,(H,25,30)(H,26,32)(H,27,31)(H,28,29)(H,33,34)(H4,22,23,24). The van der Waals surface area contributed by atoms with Gasteiger partial charge in [-0.1, -0.05) is 0 Å². The van der Waals surface area contributed by atoms with Crippen molar-refractivity contribution >= 4 is 48.2 Å². The maximum atomic E-state index is 12.8. The zero-order valence-electron chi connectivity index (χ0n) is 19.3. The fourth-order valence-electron chi connectivity index (χ4n) is 2.82. The molecule has 15 nitrogen and oxygen atoms in total. The molecule has 0 fully saturated rings. The molecule has 0 bridgehead atoms. The quantitative estimate of drug-likeness (QED) is 0.0365. The van der Waals surface area contributed by atoms with E-state index in [0.29, 0.717) is 19.4 Å². The molecular weight excluding hydrogens is 484 g/mol. The van der Waals surface area contributed by atoms with E-state index < -0.39 is 60.2 Å². The highest BCUT2D eigenvalue weighted by atomic mass is 32.1. The normalized spacial score (nSPS) is 14.0. The van der Waals surface area contributed by atoms with Crippen molar-refractivity contribution in [3.63, 3.8) is 0 Å². The first kappa shape index (κ1) is 31.9. The van der Waals surface area contributed by atoms with Gasteiger partial charge in [0, 0.05) is 12.3 Å². The minimum absolute atomic E-state index is 0.0321. The second-order valence-electron chi connectivity index (χ2n) is 7.64. The number of nitrogens with two attached hydrogens (primary N) is 4. The Bertz CT molecular complexity index is 763. The van der Waals surface area contributed by atoms with Gasteiger partial charge >= 0.3 is 11.9 Å². The van der Waals surface area contributed by atoms with Crippen LogP contribution in [0.1, 0.15) is 38.5 Å². The molecular formula is C19H36N8O7S. The molecule has 0 aromatic carbocycles. The number of unbranched alkanes of at least 4 members (excludes halogenated alkanes) is 1. The number of aliphatic carboxylic acids is 2. The Kier molecular flexibility index (Phi) is 15.8. The van der Waals surface area contributed by atoms with Gasteiger partial charge in [0.25, 0.3) is 0 Å². The summed E-state index contributed by atoms with van der Waals surface area (Å²) in [6.45, 7) is 0.519. The molecule has 0 radical (unpaired) electrons. The molecule has 0 rings (SSSR count). The van der Waals surface area contributed by atoms with Crippen LogP contribution in [0.2, 0.25) is 0 Å². The number of carbonyl (C=O) groups is 5. The van der Waals surface area contributed by atoms with Crippen molar-refractivity contribution in [2.75, 3.05) is 18.8 Å². The third kappa shape index (κ3) is 14.0. The number of rotatable bonds is 18. The topological polar surface area (TPSA) is 278 Å². The molecule has 0 aromatic heterocycles. The molecule has 0 aliphatic carbocycles. The predicted molar refractivity (Wildman–Crippen MR) is 130 cm³/mol. The van der Waals surface area contributed by atoms with E-state index in [0.717, 1.165) is 0 Å². The summed E-state index contributed by atoms with van der Waals surface area (Å²) in [6.07, 6.45) is 0.834. The van der Waals surface area contributed by atoms with Crippen molar-refractivity contribution in [1.82, 2.24) is 16.0 Å². The van der Waals surface area contributed by atoms with Crippen LogP contribution in [0.3, 0.4) is 0 Å². The van der Waals surface area contributed by atoms with Crippen molar-refractivity contribution in [2.45, 2.75) is 62.7 Å². The number of hydrogen-bond donors (Lipinski definition) is 10. The van der Waals surface area contributed by atoms with Gasteiger partial charge in [-0.3, -0.25) is 24.2 Å². The average molecular weight is 521 g/mol. The van der Waals surface area contributed by atoms with Crippen molar-refractivity contribution in [3.8, 4) is 0 Å². The summed E-state index contributed by atoms with van der Waals surface area (Å²) in [5, 5.41) is 25.3. The largest absolute Gasteiger partial charge is 0.481 e. The van der Waals surface area contributed by atoms with Crippen molar-refractivity contribution < 1.29 is 34.2 Å². The fraction of sp³-hybridized carbons (Fsp3) is 0.684. The lowest BCUT2D eigenvalue weighted by Crippen LogP contribution is -2.57. The first-order chi connectivity index (χ1) is 16.4. The number of thiol groups is 1. The molecule has 0 saturated carbocycles. The molecule has 4 atom stereocenters. The number of aliphatic imine (C=N–C) groups is 1. The number of carboxylic acids is 2. The minimum atomic E-state index is -1.38. The second-order valence-corrected chi connectivity index (χ2v) is 8.01. The van der Waals surface area contributed by atoms with Crippen molar-refractivity contribution in [2.24, 2.45) is 27.9 Å². The molecule has 0 aliphatic heterocycles. The number of guanidine groups is 1. The Morgan fingerprint density at radius 3 is 1.89 bits per heavy atom. The van der Waals surface area contributed by atoms with Crippen LogP contribution in [0.25, 0.3) is 0 Å². The summed E-state index contributed by atoms with van der Waals surface area (Å²) in [4.78, 5) is 63.6. The fourth-order valence-corrected chi connectivity index (χ4v) is 3.08. The van der Waals surface area contributed by atoms with E-state index in [1.165, 1.54) is 0 Å². The van der Waals surface area contributed by atoms with E-state index in [9.17, 15) is 29.1 Å². The van der Waals surface area contributed by atoms with E-state index in [2.05, 4.69) is 33.6 Å². The highest BCUT2D eigenvalue weighted by Gasteiger charge is 2.29. The Hall–Kier alpha value is -3.11. The van der Waals surface area contributed by atoms with E-state index in [-0.39, 0.29) is 37.5 Å². The number of carbonyl (C=O) groups excluding carboxylic acids is 3. The van der Waals surface area contributed by atoms with Crippen LogP contribution < -0.4 is 38.9 Å². The highest BCUT2D eigenvalue weighted by molar-refractivity contribution is 7.80. The lowest BCUT2D eigenvalue weighted by atomic mass is 10.1. The molecule has 0 aliphatic rings. The monoisotopic (exact) mass is 520 g/mol. The number of hydrogen-bond acceptors (Lipinski definition) is 9. The second kappa shape index (κ2) is 17.3. The van der Waals surface area contributed by atoms with Crippen LogP contribution in [0, 0.1) is 0 Å². The van der Waals surface area contributed by atoms with Crippen LogP contribution in [-0.2, 0) is 24.0 Å². The highest BCUT2D eigenvalue weighted by Crippen LogP contribution is 2.05. The molecule has 3 amide bonds. The summed E-state index contributed by atoms with van der Waals surface area (Å²) in [6, 6.07) is -4.98. The van der Waals surface area contributed by atoms with Gasteiger partial charge in [-0.05, 0) is 38.6 Å². The molecule has 35 heavy (non-hydrogen) atoms. The molecule has 13 N–H and O–H groups in total. The van der Waals surface area contributed by atoms with Crippen LogP contribution in [-0.4, -0.2) is 88.8 Å². The lowest BCUT2D eigenvalue weighted by molar-refractivity contribution is -0.142. The van der Waals surface area contributed by atoms with E-state index in [1.54, 1.807) is 0 Å². The van der Waals surface area contributed by atoms with Gasteiger partial charge in [0.2, 0.25) is 17.7 Å². The first-order valence-corrected chi connectivity index (χ1v) is 11.5. The predicted octanol–water partition coefficient (Wildman–Crippen LogP) is -3.56. The molecule has 0 spiro atoms. The first-order valence-electron chi connectivity index (χ1n) is 10.9. The van der Waals surface area contributed by atoms with E-state index >= 15 is 0 Å². The Balaban J connectivity index is 5.22. The Morgan fingerprint density at radius 1 is 0.829 bits per heavy atom. The third-order valence-electron chi connectivity index (χ3n) is 4.69. The summed E-state index contributed by atoms with van der Waals surface area (Å²) < 4.78 is 0. The van der Waals surface area contributed by atoms with Gasteiger partial charge in [-0.25, -0.2) is 4.79 Å². The van der Waals surface area contributed by atoms with Crippen molar-refractivity contribution in [3.05, 3.63) is 0 Å². The van der Waals surface area contributed by atoms with Gasteiger partial charge in [0.1, 0.15) is 18.1 Å². The third-order valence-corrected chi connectivity index (χ3v) is 5.05. The number of nitrogens with one attached hydrogen (secondary N) is 3. The smallest absolute Gasteiger partial charge is 0.326 e. The maximum absolute atomic E-state index is 12.8. The average Bonchev–Trinajstić information content (AvgIpc) is 2.77. The SMILES string of the molecule is NCCCCC(NC(=O)C(N)CC(=O)O)C(=O)NC(CS)C(=O)NC(CCCN=C(N)N)C(=O)O. The molecule has 0 aromatic rings. The number of amides is 3. The minimum Gasteiger partial charge on any atom is -0.481 e. The van der Waals surface area contributed by atoms with Crippen LogP contribution in [0.4, 0.5) is 0 Å². The Morgan fingerprint density at radius 2 is 1.37 bits per heavy atom. The van der Waals surface area contributed by atoms with E-state index in [1.807, 2.05) is 0 Å². The van der Waals surface area contributed by atoms with Gasteiger partial charge in [0.15, 0.2) is 5.96 Å². The summed E-state index contributed by atoms with van der Waals surface area (Å²) in [5.74, 6) is -5.26. The lowest BCUT2D eigenvalue weighted by Gasteiger charge is -2.24. The molecule has 16 heteroatoms. The van der Waals surface area contributed by atoms with E-state index in [4.69, 9.17) is 28.0 Å². The van der Waals surface area contributed by atoms with Crippen molar-refractivity contribution in [1.29, 1.82) is 0 Å². The van der Waals surface area contributed by atoms with Gasteiger partial charge in [-0.2, -0.15) is 12.6 Å². The molecule has 4 unspecified atom stereocenters. The maximum Gasteiger partial charge on any atom is 0.326 e. The Labute approximate surface area is 208 Å². The molecule has 200 valence electrons. The molecule has 0 saturated heterocycles. The number of nitrogens with zero attached hydrogens (tertiary/aromatic N) is 1. The van der Waals surface area contributed by atoms with Crippen LogP contribution >= 0.6 is 12.6 Å². The van der Waals surface area contributed by atoms with Crippen LogP contribution in [0.15, 0.2) is 4.99 Å².